The Morgan fingerprint density at radius 2 is 1.56 bits per heavy atom. The van der Waals surface area contributed by atoms with Crippen molar-refractivity contribution in [1.82, 2.24) is 10.3 Å². The average molecular weight is 744 g/mol. The van der Waals surface area contributed by atoms with Crippen LogP contribution in [0.15, 0.2) is 100 Å². The largest absolute Gasteiger partial charge is 0.508 e. The van der Waals surface area contributed by atoms with E-state index in [1.165, 1.54) is 17.3 Å². The number of phenolic OH excluding ortho intramolecular Hbond substituents is 1. The highest BCUT2D eigenvalue weighted by atomic mass is 16.5. The Morgan fingerprint density at radius 1 is 0.800 bits per heavy atom. The first-order chi connectivity index (χ1) is 27.0. The van der Waals surface area contributed by atoms with Crippen molar-refractivity contribution in [2.24, 2.45) is 0 Å². The van der Waals surface area contributed by atoms with Crippen LogP contribution in [0.3, 0.4) is 0 Å². The number of aromatic amines is 1. The van der Waals surface area contributed by atoms with Crippen LogP contribution in [-0.4, -0.2) is 68.3 Å². The number of hydrogen-bond acceptors (Lipinski definition) is 9. The van der Waals surface area contributed by atoms with Gasteiger partial charge in [-0.05, 0) is 66.3 Å². The molecule has 1 aliphatic rings. The van der Waals surface area contributed by atoms with E-state index in [0.717, 1.165) is 55.1 Å². The minimum atomic E-state index is -0.305. The third-order valence-electron chi connectivity index (χ3n) is 10.1. The molecule has 0 radical (unpaired) electrons. The summed E-state index contributed by atoms with van der Waals surface area (Å²) in [5, 5.41) is 23.2. The zero-order valence-corrected chi connectivity index (χ0v) is 31.5. The summed E-state index contributed by atoms with van der Waals surface area (Å²) >= 11 is 0. The fraction of sp³-hybridized carbons (Fsp3) is 0.311. The number of hydrogen-bond donors (Lipinski definition) is 4. The van der Waals surface area contributed by atoms with Crippen molar-refractivity contribution in [3.05, 3.63) is 124 Å². The molecule has 0 unspecified atom stereocenters. The maximum atomic E-state index is 14.1. The van der Waals surface area contributed by atoms with E-state index in [9.17, 15) is 15.0 Å². The smallest absolute Gasteiger partial charge is 0.204 e. The summed E-state index contributed by atoms with van der Waals surface area (Å²) in [5.74, 6) is 2.59. The number of nitrogens with zero attached hydrogens (tertiary/aromatic N) is 1. The standard InChI is InChI=1S/C45H49N3O7/c1-3-34-28-37(45(47-34)48-22-20-46-21-23-48)33-12-7-11-31(27-33)13-18-36-41-40(38(51)29-39(55-41)32-14-16-35(50)17-15-32)43(53-25-8-24-49)44(52-2)42(36)54-26-19-30-9-5-4-6-10-30/h4-7,9-12,14-17,27-29,46-47,49-50H,3,8,13,18-26H2,1-2H3. The summed E-state index contributed by atoms with van der Waals surface area (Å²) in [6.07, 6.45) is 3.01. The van der Waals surface area contributed by atoms with E-state index < -0.39 is 0 Å². The molecule has 10 nitrogen and oxygen atoms in total. The molecule has 2 aromatic heterocycles. The van der Waals surface area contributed by atoms with Crippen molar-refractivity contribution in [1.29, 1.82) is 0 Å². The molecule has 10 heteroatoms. The fourth-order valence-electron chi connectivity index (χ4n) is 7.21. The Morgan fingerprint density at radius 3 is 2.31 bits per heavy atom. The second-order valence-electron chi connectivity index (χ2n) is 13.8. The molecule has 286 valence electrons. The molecular weight excluding hydrogens is 695 g/mol. The summed E-state index contributed by atoms with van der Waals surface area (Å²) in [4.78, 5) is 20.3. The van der Waals surface area contributed by atoms with Crippen LogP contribution in [0.5, 0.6) is 23.0 Å². The molecule has 1 saturated heterocycles. The highest BCUT2D eigenvalue weighted by Crippen LogP contribution is 2.47. The Bertz CT molecular complexity index is 2260. The summed E-state index contributed by atoms with van der Waals surface area (Å²) in [6, 6.07) is 29.0. The van der Waals surface area contributed by atoms with E-state index >= 15 is 0 Å². The number of piperazine rings is 1. The number of anilines is 1. The lowest BCUT2D eigenvalue weighted by atomic mass is 9.97. The lowest BCUT2D eigenvalue weighted by Crippen LogP contribution is -2.43. The number of aromatic hydroxyl groups is 1. The summed E-state index contributed by atoms with van der Waals surface area (Å²) in [7, 11) is 1.54. The number of benzene rings is 4. The van der Waals surface area contributed by atoms with Crippen LogP contribution in [0.4, 0.5) is 5.82 Å². The number of aryl methyl sites for hydroxylation is 3. The van der Waals surface area contributed by atoms with E-state index in [1.54, 1.807) is 31.4 Å². The van der Waals surface area contributed by atoms with E-state index in [2.05, 4.69) is 64.6 Å². The maximum Gasteiger partial charge on any atom is 0.204 e. The number of rotatable bonds is 16. The molecule has 1 fully saturated rings. The molecule has 0 aliphatic carbocycles. The fourth-order valence-corrected chi connectivity index (χ4v) is 7.21. The Kier molecular flexibility index (Phi) is 12.0. The van der Waals surface area contributed by atoms with Gasteiger partial charge in [0, 0.05) is 74.1 Å². The van der Waals surface area contributed by atoms with Gasteiger partial charge in [0.1, 0.15) is 28.3 Å². The number of H-pyrrole nitrogens is 1. The van der Waals surface area contributed by atoms with Crippen molar-refractivity contribution in [3.8, 4) is 45.4 Å². The third kappa shape index (κ3) is 8.51. The van der Waals surface area contributed by atoms with E-state index in [-0.39, 0.29) is 35.5 Å². The summed E-state index contributed by atoms with van der Waals surface area (Å²) < 4.78 is 25.5. The van der Waals surface area contributed by atoms with E-state index in [0.29, 0.717) is 66.3 Å². The van der Waals surface area contributed by atoms with Gasteiger partial charge in [0.15, 0.2) is 16.9 Å². The number of aliphatic hydroxyl groups excluding tert-OH is 1. The van der Waals surface area contributed by atoms with Crippen LogP contribution in [0.2, 0.25) is 0 Å². The molecule has 6 aromatic rings. The SMILES string of the molecule is CCc1cc(-c2cccc(CCc3c(OCCc4ccccc4)c(OC)c(OCCCO)c4c(=O)cc(-c5ccc(O)cc5)oc34)c2)c(N2CCNCC2)[nH]1. The Balaban J connectivity index is 1.33. The first-order valence-electron chi connectivity index (χ1n) is 19.1. The molecule has 0 bridgehead atoms. The number of nitrogens with one attached hydrogen (secondary N) is 2. The highest BCUT2D eigenvalue weighted by Gasteiger charge is 2.28. The molecule has 55 heavy (non-hydrogen) atoms. The van der Waals surface area contributed by atoms with Crippen molar-refractivity contribution in [2.75, 3.05) is 58.0 Å². The Labute approximate surface area is 321 Å². The van der Waals surface area contributed by atoms with E-state index in [1.807, 2.05) is 18.2 Å². The van der Waals surface area contributed by atoms with Crippen LogP contribution < -0.4 is 29.9 Å². The number of methoxy groups -OCH3 is 1. The molecule has 7 rings (SSSR count). The molecule has 0 amide bonds. The zero-order chi connectivity index (χ0) is 38.1. The van der Waals surface area contributed by atoms with Crippen LogP contribution >= 0.6 is 0 Å². The monoisotopic (exact) mass is 743 g/mol. The van der Waals surface area contributed by atoms with E-state index in [4.69, 9.17) is 18.6 Å². The van der Waals surface area contributed by atoms with Crippen molar-refractivity contribution in [2.45, 2.75) is 39.0 Å². The molecule has 3 heterocycles. The molecule has 4 N–H and O–H groups in total. The quantitative estimate of drug-likeness (QED) is 0.0755. The predicted octanol–water partition coefficient (Wildman–Crippen LogP) is 7.31. The second kappa shape index (κ2) is 17.6. The van der Waals surface area contributed by atoms with Gasteiger partial charge in [0.25, 0.3) is 0 Å². The first-order valence-corrected chi connectivity index (χ1v) is 19.1. The van der Waals surface area contributed by atoms with Gasteiger partial charge in [-0.2, -0.15) is 0 Å². The lowest BCUT2D eigenvalue weighted by Gasteiger charge is -2.29. The van der Waals surface area contributed by atoms with Crippen LogP contribution in [0, 0.1) is 0 Å². The van der Waals surface area contributed by atoms with Crippen LogP contribution in [0.1, 0.15) is 35.7 Å². The topological polar surface area (TPSA) is 129 Å². The molecule has 0 atom stereocenters. The van der Waals surface area contributed by atoms with Crippen LogP contribution in [0.25, 0.3) is 33.4 Å². The maximum absolute atomic E-state index is 14.1. The number of fused-ring (bicyclic) bond motifs is 1. The minimum Gasteiger partial charge on any atom is -0.508 e. The minimum absolute atomic E-state index is 0.0727. The number of phenols is 1. The second-order valence-corrected chi connectivity index (χ2v) is 13.8. The molecule has 0 spiro atoms. The molecular formula is C45H49N3O7. The molecule has 4 aromatic carbocycles. The van der Waals surface area contributed by atoms with Gasteiger partial charge in [-0.25, -0.2) is 0 Å². The number of aliphatic hydroxyl groups is 1. The molecule has 1 aliphatic heterocycles. The normalized spacial score (nSPS) is 13.0. The van der Waals surface area contributed by atoms with Crippen molar-refractivity contribution in [3.63, 3.8) is 0 Å². The first kappa shape index (κ1) is 37.6. The number of ether oxygens (including phenoxy) is 3. The lowest BCUT2D eigenvalue weighted by molar-refractivity contribution is 0.226. The van der Waals surface area contributed by atoms with Crippen molar-refractivity contribution >= 4 is 16.8 Å². The van der Waals surface area contributed by atoms with Gasteiger partial charge in [0.2, 0.25) is 5.75 Å². The zero-order valence-electron chi connectivity index (χ0n) is 31.5. The predicted molar refractivity (Wildman–Crippen MR) is 217 cm³/mol. The number of aromatic nitrogens is 1. The highest BCUT2D eigenvalue weighted by molar-refractivity contribution is 5.93. The third-order valence-corrected chi connectivity index (χ3v) is 10.1. The van der Waals surface area contributed by atoms with Crippen molar-refractivity contribution < 1.29 is 28.8 Å². The van der Waals surface area contributed by atoms with Gasteiger partial charge >= 0.3 is 0 Å². The van der Waals surface area contributed by atoms with Crippen LogP contribution in [-0.2, 0) is 25.7 Å². The van der Waals surface area contributed by atoms with Gasteiger partial charge in [0.05, 0.1) is 20.3 Å². The van der Waals surface area contributed by atoms with Gasteiger partial charge < -0.3 is 44.0 Å². The van der Waals surface area contributed by atoms with Gasteiger partial charge in [-0.15, -0.1) is 0 Å². The van der Waals surface area contributed by atoms with Gasteiger partial charge in [-0.1, -0.05) is 61.5 Å². The van der Waals surface area contributed by atoms with Gasteiger partial charge in [-0.3, -0.25) is 4.79 Å². The summed E-state index contributed by atoms with van der Waals surface area (Å²) in [5.41, 5.74) is 7.13. The summed E-state index contributed by atoms with van der Waals surface area (Å²) in [6.45, 7) is 6.37. The Hall–Kier alpha value is -5.71. The average Bonchev–Trinajstić information content (AvgIpc) is 3.66. The molecule has 0 saturated carbocycles.